The number of thiazole rings is 1. The second-order valence-corrected chi connectivity index (χ2v) is 3.93. The lowest BCUT2D eigenvalue weighted by Crippen LogP contribution is -2.14. The first-order valence-electron chi connectivity index (χ1n) is 4.03. The summed E-state index contributed by atoms with van der Waals surface area (Å²) in [6, 6.07) is -0.285. The van der Waals surface area contributed by atoms with Crippen molar-refractivity contribution in [3.05, 3.63) is 23.0 Å². The topological polar surface area (TPSA) is 63.5 Å². The number of rotatable bonds is 2. The average molecular weight is 197 g/mol. The smallest absolute Gasteiger partial charge is 0.194 e. The summed E-state index contributed by atoms with van der Waals surface area (Å²) in [5, 5.41) is 8.93. The summed E-state index contributed by atoms with van der Waals surface area (Å²) in [6.07, 6.45) is 3.65. The standard InChI is InChI=1S/C8H11N3OS/c1-5-7(6(9)4-12)13-8-10-2-3-11(5)8/h2-3,6,12H,4,9H2,1H3. The fraction of sp³-hybridized carbons (Fsp3) is 0.375. The van der Waals surface area contributed by atoms with Gasteiger partial charge in [0.05, 0.1) is 12.6 Å². The highest BCUT2D eigenvalue weighted by Crippen LogP contribution is 2.25. The number of imidazole rings is 1. The Hall–Kier alpha value is -0.910. The first-order valence-corrected chi connectivity index (χ1v) is 4.84. The fourth-order valence-electron chi connectivity index (χ4n) is 1.34. The lowest BCUT2D eigenvalue weighted by atomic mass is 10.2. The summed E-state index contributed by atoms with van der Waals surface area (Å²) in [7, 11) is 0. The first-order chi connectivity index (χ1) is 6.24. The van der Waals surface area contributed by atoms with Crippen molar-refractivity contribution in [3.63, 3.8) is 0 Å². The van der Waals surface area contributed by atoms with Gasteiger partial charge in [-0.3, -0.25) is 4.40 Å². The van der Waals surface area contributed by atoms with Crippen molar-refractivity contribution in [2.24, 2.45) is 5.73 Å². The molecule has 0 fully saturated rings. The molecule has 2 aromatic heterocycles. The van der Waals surface area contributed by atoms with Gasteiger partial charge in [0.15, 0.2) is 4.96 Å². The van der Waals surface area contributed by atoms with Gasteiger partial charge >= 0.3 is 0 Å². The van der Waals surface area contributed by atoms with Crippen molar-refractivity contribution < 1.29 is 5.11 Å². The van der Waals surface area contributed by atoms with Crippen molar-refractivity contribution in [1.82, 2.24) is 9.38 Å². The van der Waals surface area contributed by atoms with Crippen molar-refractivity contribution in [2.75, 3.05) is 6.61 Å². The minimum absolute atomic E-state index is 0.0233. The largest absolute Gasteiger partial charge is 0.394 e. The Morgan fingerprint density at radius 2 is 2.54 bits per heavy atom. The van der Waals surface area contributed by atoms with Crippen molar-refractivity contribution in [1.29, 1.82) is 0 Å². The van der Waals surface area contributed by atoms with Gasteiger partial charge in [0, 0.05) is 23.0 Å². The van der Waals surface area contributed by atoms with Crippen LogP contribution in [0.25, 0.3) is 4.96 Å². The molecule has 0 saturated heterocycles. The molecule has 0 aliphatic carbocycles. The minimum atomic E-state index is -0.285. The molecule has 0 amide bonds. The molecule has 0 bridgehead atoms. The molecule has 0 aliphatic rings. The number of aryl methyl sites for hydroxylation is 1. The van der Waals surface area contributed by atoms with Crippen LogP contribution in [0.2, 0.25) is 0 Å². The van der Waals surface area contributed by atoms with Gasteiger partial charge in [-0.15, -0.1) is 0 Å². The third-order valence-corrected chi connectivity index (χ3v) is 3.36. The molecule has 2 rings (SSSR count). The predicted octanol–water partition coefficient (Wildman–Crippen LogP) is 0.696. The Morgan fingerprint density at radius 3 is 3.15 bits per heavy atom. The van der Waals surface area contributed by atoms with Crippen LogP contribution in [0, 0.1) is 6.92 Å². The molecule has 70 valence electrons. The number of aromatic nitrogens is 2. The van der Waals surface area contributed by atoms with Crippen molar-refractivity contribution in [3.8, 4) is 0 Å². The van der Waals surface area contributed by atoms with Gasteiger partial charge in [0.2, 0.25) is 0 Å². The molecule has 1 atom stereocenters. The minimum Gasteiger partial charge on any atom is -0.394 e. The van der Waals surface area contributed by atoms with E-state index in [1.807, 2.05) is 17.5 Å². The Bertz CT molecular complexity index is 420. The van der Waals surface area contributed by atoms with Gasteiger partial charge in [-0.25, -0.2) is 4.98 Å². The molecule has 0 aromatic carbocycles. The van der Waals surface area contributed by atoms with E-state index in [1.54, 1.807) is 6.20 Å². The predicted molar refractivity (Wildman–Crippen MR) is 51.8 cm³/mol. The van der Waals surface area contributed by atoms with E-state index < -0.39 is 0 Å². The molecule has 4 nitrogen and oxygen atoms in total. The lowest BCUT2D eigenvalue weighted by molar-refractivity contribution is 0.269. The number of aliphatic hydroxyl groups excluding tert-OH is 1. The van der Waals surface area contributed by atoms with E-state index in [4.69, 9.17) is 10.8 Å². The van der Waals surface area contributed by atoms with Crippen LogP contribution >= 0.6 is 11.3 Å². The van der Waals surface area contributed by atoms with E-state index in [-0.39, 0.29) is 12.6 Å². The molecule has 1 unspecified atom stereocenters. The van der Waals surface area contributed by atoms with E-state index in [2.05, 4.69) is 4.98 Å². The third kappa shape index (κ3) is 1.25. The summed E-state index contributed by atoms with van der Waals surface area (Å²) < 4.78 is 1.98. The van der Waals surface area contributed by atoms with Gasteiger partial charge in [-0.05, 0) is 6.92 Å². The van der Waals surface area contributed by atoms with E-state index in [0.29, 0.717) is 0 Å². The lowest BCUT2D eigenvalue weighted by Gasteiger charge is -2.05. The van der Waals surface area contributed by atoms with Gasteiger partial charge in [-0.1, -0.05) is 11.3 Å². The third-order valence-electron chi connectivity index (χ3n) is 2.06. The molecule has 0 spiro atoms. The van der Waals surface area contributed by atoms with Gasteiger partial charge < -0.3 is 10.8 Å². The first kappa shape index (κ1) is 8.68. The van der Waals surface area contributed by atoms with Crippen LogP contribution in [-0.4, -0.2) is 21.1 Å². The second kappa shape index (κ2) is 3.10. The zero-order valence-electron chi connectivity index (χ0n) is 7.27. The molecule has 3 N–H and O–H groups in total. The summed E-state index contributed by atoms with van der Waals surface area (Å²) >= 11 is 1.53. The van der Waals surface area contributed by atoms with Crippen LogP contribution in [0.15, 0.2) is 12.4 Å². The van der Waals surface area contributed by atoms with Crippen LogP contribution in [0.3, 0.4) is 0 Å². The number of nitrogens with two attached hydrogens (primary N) is 1. The maximum absolute atomic E-state index is 8.93. The number of hydrogen-bond acceptors (Lipinski definition) is 4. The van der Waals surface area contributed by atoms with E-state index in [0.717, 1.165) is 15.5 Å². The van der Waals surface area contributed by atoms with E-state index in [9.17, 15) is 0 Å². The molecule has 2 aromatic rings. The Balaban J connectivity index is 2.57. The number of nitrogens with zero attached hydrogens (tertiary/aromatic N) is 2. The van der Waals surface area contributed by atoms with Crippen molar-refractivity contribution in [2.45, 2.75) is 13.0 Å². The molecular weight excluding hydrogens is 186 g/mol. The van der Waals surface area contributed by atoms with Gasteiger partial charge in [-0.2, -0.15) is 0 Å². The van der Waals surface area contributed by atoms with Crippen LogP contribution < -0.4 is 5.73 Å². The molecule has 5 heteroatoms. The number of fused-ring (bicyclic) bond motifs is 1. The van der Waals surface area contributed by atoms with E-state index in [1.165, 1.54) is 11.3 Å². The van der Waals surface area contributed by atoms with Crippen LogP contribution in [-0.2, 0) is 0 Å². The van der Waals surface area contributed by atoms with Gasteiger partial charge in [0.1, 0.15) is 0 Å². The Morgan fingerprint density at radius 1 is 1.77 bits per heavy atom. The maximum Gasteiger partial charge on any atom is 0.194 e. The van der Waals surface area contributed by atoms with Crippen molar-refractivity contribution >= 4 is 16.3 Å². The highest BCUT2D eigenvalue weighted by atomic mass is 32.1. The van der Waals surface area contributed by atoms with Crippen LogP contribution in [0.4, 0.5) is 0 Å². The summed E-state index contributed by atoms with van der Waals surface area (Å²) in [5.74, 6) is 0. The maximum atomic E-state index is 8.93. The monoisotopic (exact) mass is 197 g/mol. The summed E-state index contributed by atoms with van der Waals surface area (Å²) in [6.45, 7) is 1.96. The molecular formula is C8H11N3OS. The molecule has 0 aliphatic heterocycles. The summed E-state index contributed by atoms with van der Waals surface area (Å²) in [4.78, 5) is 6.09. The zero-order valence-corrected chi connectivity index (χ0v) is 8.08. The average Bonchev–Trinajstić information content (AvgIpc) is 2.68. The highest BCUT2D eigenvalue weighted by molar-refractivity contribution is 7.17. The van der Waals surface area contributed by atoms with E-state index >= 15 is 0 Å². The normalized spacial score (nSPS) is 13.8. The molecule has 2 heterocycles. The van der Waals surface area contributed by atoms with Crippen LogP contribution in [0.5, 0.6) is 0 Å². The molecule has 0 radical (unpaired) electrons. The Labute approximate surface area is 79.6 Å². The summed E-state index contributed by atoms with van der Waals surface area (Å²) in [5.41, 5.74) is 6.81. The Kier molecular flexibility index (Phi) is 2.07. The number of hydrogen-bond donors (Lipinski definition) is 2. The van der Waals surface area contributed by atoms with Crippen LogP contribution in [0.1, 0.15) is 16.6 Å². The molecule has 13 heavy (non-hydrogen) atoms. The highest BCUT2D eigenvalue weighted by Gasteiger charge is 2.14. The second-order valence-electron chi connectivity index (χ2n) is 2.92. The zero-order chi connectivity index (χ0) is 9.42. The van der Waals surface area contributed by atoms with Gasteiger partial charge in [0.25, 0.3) is 0 Å². The quantitative estimate of drug-likeness (QED) is 0.744. The number of aliphatic hydroxyl groups is 1. The molecule has 0 saturated carbocycles. The SMILES string of the molecule is Cc1c(C(N)CO)sc2nccn12. The fourth-order valence-corrected chi connectivity index (χ4v) is 2.42.